The lowest BCUT2D eigenvalue weighted by atomic mass is 9.80. The molecule has 0 unspecified atom stereocenters. The van der Waals surface area contributed by atoms with Crippen molar-refractivity contribution in [1.82, 2.24) is 0 Å². The molecule has 0 heterocycles. The van der Waals surface area contributed by atoms with Crippen LogP contribution >= 0.6 is 0 Å². The molecule has 8 rings (SSSR count). The summed E-state index contributed by atoms with van der Waals surface area (Å²) in [6, 6.07) is 51.8. The van der Waals surface area contributed by atoms with Crippen LogP contribution in [0.2, 0.25) is 0 Å². The monoisotopic (exact) mass is 536 g/mol. The molecule has 0 saturated heterocycles. The van der Waals surface area contributed by atoms with Crippen LogP contribution in [0.15, 0.2) is 140 Å². The van der Waals surface area contributed by atoms with E-state index in [0.717, 1.165) is 0 Å². The summed E-state index contributed by atoms with van der Waals surface area (Å²) in [6.45, 7) is 6.93. The first kappa shape index (κ1) is 24.8. The van der Waals surface area contributed by atoms with Crippen molar-refractivity contribution in [2.24, 2.45) is 0 Å². The molecule has 0 N–H and O–H groups in total. The van der Waals surface area contributed by atoms with Crippen LogP contribution in [-0.2, 0) is 5.41 Å². The summed E-state index contributed by atoms with van der Waals surface area (Å²) in [5, 5.41) is 12.9. The lowest BCUT2D eigenvalue weighted by Crippen LogP contribution is -2.10. The highest BCUT2D eigenvalue weighted by atomic mass is 14.3. The van der Waals surface area contributed by atoms with Gasteiger partial charge in [-0.2, -0.15) is 0 Å². The third-order valence-electron chi connectivity index (χ3n) is 8.99. The van der Waals surface area contributed by atoms with E-state index in [2.05, 4.69) is 160 Å². The molecule has 0 aliphatic rings. The molecule has 0 aliphatic heterocycles. The topological polar surface area (TPSA) is 0 Å². The fourth-order valence-electron chi connectivity index (χ4n) is 6.93. The van der Waals surface area contributed by atoms with Gasteiger partial charge in [-0.05, 0) is 99.2 Å². The molecule has 0 amide bonds. The Kier molecular flexibility index (Phi) is 5.49. The highest BCUT2D eigenvalue weighted by Gasteiger charge is 2.22. The first-order valence-corrected chi connectivity index (χ1v) is 14.9. The van der Waals surface area contributed by atoms with Crippen molar-refractivity contribution in [2.75, 3.05) is 0 Å². The smallest absolute Gasteiger partial charge is 0.00199 e. The average Bonchev–Trinajstić information content (AvgIpc) is 3.02. The minimum absolute atomic E-state index is 0.0334. The second kappa shape index (κ2) is 9.29. The molecule has 0 radical (unpaired) electrons. The van der Waals surface area contributed by atoms with Crippen LogP contribution in [-0.4, -0.2) is 0 Å². The Morgan fingerprint density at radius 2 is 0.857 bits per heavy atom. The van der Waals surface area contributed by atoms with Crippen LogP contribution < -0.4 is 0 Å². The van der Waals surface area contributed by atoms with E-state index in [-0.39, 0.29) is 5.41 Å². The molecule has 0 saturated carbocycles. The maximum atomic E-state index is 2.46. The molecule has 8 aromatic rings. The van der Waals surface area contributed by atoms with Crippen LogP contribution in [0.3, 0.4) is 0 Å². The SMILES string of the molecule is CC(C)(C)c1ccc2c(-c3cc4ccccc4c4ccccc34)c3ccccc3c(-c3cccc4ccccc34)c2c1. The quantitative estimate of drug-likeness (QED) is 0.152. The van der Waals surface area contributed by atoms with Gasteiger partial charge in [-0.3, -0.25) is 0 Å². The molecule has 0 atom stereocenters. The van der Waals surface area contributed by atoms with Gasteiger partial charge in [0.25, 0.3) is 0 Å². The van der Waals surface area contributed by atoms with E-state index >= 15 is 0 Å². The average molecular weight is 537 g/mol. The summed E-state index contributed by atoms with van der Waals surface area (Å²) in [5.41, 5.74) is 6.59. The summed E-state index contributed by atoms with van der Waals surface area (Å²) in [4.78, 5) is 0. The van der Waals surface area contributed by atoms with E-state index in [1.807, 2.05) is 0 Å². The molecular weight excluding hydrogens is 504 g/mol. The van der Waals surface area contributed by atoms with Crippen molar-refractivity contribution < 1.29 is 0 Å². The van der Waals surface area contributed by atoms with Crippen LogP contribution in [0, 0.1) is 0 Å². The predicted molar refractivity (Wildman–Crippen MR) is 184 cm³/mol. The second-order valence-electron chi connectivity index (χ2n) is 12.5. The van der Waals surface area contributed by atoms with E-state index < -0.39 is 0 Å². The van der Waals surface area contributed by atoms with Crippen LogP contribution in [0.4, 0.5) is 0 Å². The molecule has 0 nitrogen and oxygen atoms in total. The first-order valence-electron chi connectivity index (χ1n) is 14.9. The van der Waals surface area contributed by atoms with Crippen molar-refractivity contribution in [3.63, 3.8) is 0 Å². The maximum absolute atomic E-state index is 2.46. The van der Waals surface area contributed by atoms with E-state index in [9.17, 15) is 0 Å². The van der Waals surface area contributed by atoms with Gasteiger partial charge in [-0.1, -0.05) is 148 Å². The van der Waals surface area contributed by atoms with Crippen molar-refractivity contribution in [2.45, 2.75) is 26.2 Å². The van der Waals surface area contributed by atoms with Crippen molar-refractivity contribution in [3.05, 3.63) is 145 Å². The maximum Gasteiger partial charge on any atom is -0.00199 e. The second-order valence-corrected chi connectivity index (χ2v) is 12.5. The lowest BCUT2D eigenvalue weighted by molar-refractivity contribution is 0.591. The third-order valence-corrected chi connectivity index (χ3v) is 8.99. The Labute approximate surface area is 246 Å². The molecule has 0 aromatic heterocycles. The van der Waals surface area contributed by atoms with Gasteiger partial charge < -0.3 is 0 Å². The van der Waals surface area contributed by atoms with E-state index in [1.165, 1.54) is 81.7 Å². The van der Waals surface area contributed by atoms with Crippen LogP contribution in [0.5, 0.6) is 0 Å². The van der Waals surface area contributed by atoms with Gasteiger partial charge >= 0.3 is 0 Å². The molecule has 0 aliphatic carbocycles. The van der Waals surface area contributed by atoms with Gasteiger partial charge in [0.1, 0.15) is 0 Å². The zero-order chi connectivity index (χ0) is 28.4. The minimum Gasteiger partial charge on any atom is -0.0616 e. The molecule has 8 aromatic carbocycles. The minimum atomic E-state index is 0.0334. The number of benzene rings is 8. The van der Waals surface area contributed by atoms with Crippen LogP contribution in [0.1, 0.15) is 26.3 Å². The summed E-state index contributed by atoms with van der Waals surface area (Å²) in [6.07, 6.45) is 0. The zero-order valence-electron chi connectivity index (χ0n) is 24.3. The molecule has 0 bridgehead atoms. The highest BCUT2D eigenvalue weighted by molar-refractivity contribution is 6.27. The molecule has 42 heavy (non-hydrogen) atoms. The lowest BCUT2D eigenvalue weighted by Gasteiger charge is -2.24. The van der Waals surface area contributed by atoms with Gasteiger partial charge in [0, 0.05) is 0 Å². The molecule has 200 valence electrons. The largest absolute Gasteiger partial charge is 0.0616 e. The van der Waals surface area contributed by atoms with Gasteiger partial charge in [0.2, 0.25) is 0 Å². The Balaban J connectivity index is 1.61. The van der Waals surface area contributed by atoms with Gasteiger partial charge in [0.15, 0.2) is 0 Å². The van der Waals surface area contributed by atoms with Crippen molar-refractivity contribution in [1.29, 1.82) is 0 Å². The Hall–Kier alpha value is -4.94. The molecule has 0 heteroatoms. The Bertz CT molecular complexity index is 2320. The van der Waals surface area contributed by atoms with E-state index in [1.54, 1.807) is 0 Å². The van der Waals surface area contributed by atoms with E-state index in [0.29, 0.717) is 0 Å². The highest BCUT2D eigenvalue weighted by Crippen LogP contribution is 2.48. The molecular formula is C42H32. The van der Waals surface area contributed by atoms with Gasteiger partial charge in [-0.25, -0.2) is 0 Å². The number of hydrogen-bond acceptors (Lipinski definition) is 0. The zero-order valence-corrected chi connectivity index (χ0v) is 24.3. The Morgan fingerprint density at radius 3 is 1.57 bits per heavy atom. The van der Waals surface area contributed by atoms with Gasteiger partial charge in [-0.15, -0.1) is 0 Å². The van der Waals surface area contributed by atoms with Crippen molar-refractivity contribution >= 4 is 53.9 Å². The number of hydrogen-bond donors (Lipinski definition) is 0. The standard InChI is InChI=1S/C42H32/c1-42(2,3)29-23-24-37-39(26-29)40(34-22-12-15-27-13-4-6-16-30(27)34)35-20-10-11-21-36(35)41(37)38-25-28-14-5-7-17-31(28)32-18-8-9-19-33(32)38/h4-26H,1-3H3. The Morgan fingerprint density at radius 1 is 0.333 bits per heavy atom. The van der Waals surface area contributed by atoms with Crippen molar-refractivity contribution in [3.8, 4) is 22.3 Å². The summed E-state index contributed by atoms with van der Waals surface area (Å²) in [5.74, 6) is 0. The number of fused-ring (bicyclic) bond motifs is 6. The number of rotatable bonds is 2. The summed E-state index contributed by atoms with van der Waals surface area (Å²) in [7, 11) is 0. The molecule has 0 spiro atoms. The predicted octanol–water partition coefficient (Wildman–Crippen LogP) is 12.1. The normalized spacial score (nSPS) is 12.2. The van der Waals surface area contributed by atoms with Gasteiger partial charge in [0.05, 0.1) is 0 Å². The summed E-state index contributed by atoms with van der Waals surface area (Å²) < 4.78 is 0. The third kappa shape index (κ3) is 3.76. The molecule has 0 fully saturated rings. The summed E-state index contributed by atoms with van der Waals surface area (Å²) >= 11 is 0. The van der Waals surface area contributed by atoms with Crippen LogP contribution in [0.25, 0.3) is 76.1 Å². The fraction of sp³-hybridized carbons (Fsp3) is 0.0952. The van der Waals surface area contributed by atoms with E-state index in [4.69, 9.17) is 0 Å². The first-order chi connectivity index (χ1) is 20.5. The fourth-order valence-corrected chi connectivity index (χ4v) is 6.93.